The van der Waals surface area contributed by atoms with Crippen LogP contribution in [0.25, 0.3) is 0 Å². The predicted octanol–water partition coefficient (Wildman–Crippen LogP) is 3.60. The van der Waals surface area contributed by atoms with Crippen LogP contribution in [-0.4, -0.2) is 31.6 Å². The Morgan fingerprint density at radius 3 is 2.12 bits per heavy atom. The second kappa shape index (κ2) is 11.4. The molecule has 3 aromatic carbocycles. The summed E-state index contributed by atoms with van der Waals surface area (Å²) in [4.78, 5) is 24.6. The van der Waals surface area contributed by atoms with Gasteiger partial charge in [0.2, 0.25) is 0 Å². The Bertz CT molecular complexity index is 1030. The van der Waals surface area contributed by atoms with Crippen molar-refractivity contribution in [3.05, 3.63) is 89.5 Å². The number of nitrogens with one attached hydrogen (secondary N) is 2. The summed E-state index contributed by atoms with van der Waals surface area (Å²) in [7, 11) is 0. The lowest BCUT2D eigenvalue weighted by molar-refractivity contribution is -0.123. The molecular weight excluding hydrogens is 408 g/mol. The number of para-hydroxylation sites is 3. The number of hydrogen-bond donors (Lipinski definition) is 2. The zero-order valence-corrected chi connectivity index (χ0v) is 18.1. The van der Waals surface area contributed by atoms with Crippen LogP contribution in [0.5, 0.6) is 17.2 Å². The Hall–Kier alpha value is -4.00. The molecule has 3 rings (SSSR count). The third-order valence-electron chi connectivity index (χ3n) is 4.56. The zero-order chi connectivity index (χ0) is 22.8. The molecule has 166 valence electrons. The predicted molar refractivity (Wildman–Crippen MR) is 121 cm³/mol. The van der Waals surface area contributed by atoms with Gasteiger partial charge in [-0.15, -0.1) is 0 Å². The fourth-order valence-electron chi connectivity index (χ4n) is 3.00. The van der Waals surface area contributed by atoms with Gasteiger partial charge in [0.15, 0.2) is 6.61 Å². The van der Waals surface area contributed by atoms with Crippen molar-refractivity contribution >= 4 is 11.8 Å². The van der Waals surface area contributed by atoms with Crippen LogP contribution < -0.4 is 25.1 Å². The zero-order valence-electron chi connectivity index (χ0n) is 18.1. The van der Waals surface area contributed by atoms with Crippen LogP contribution in [0, 0.1) is 13.8 Å². The average Bonchev–Trinajstić information content (AvgIpc) is 2.81. The normalized spacial score (nSPS) is 10.2. The molecule has 0 radical (unpaired) electrons. The van der Waals surface area contributed by atoms with E-state index in [1.54, 1.807) is 24.3 Å². The van der Waals surface area contributed by atoms with Gasteiger partial charge in [-0.2, -0.15) is 0 Å². The minimum Gasteiger partial charge on any atom is -0.490 e. The summed E-state index contributed by atoms with van der Waals surface area (Å²) in [5.41, 5.74) is 6.92. The van der Waals surface area contributed by atoms with E-state index in [4.69, 9.17) is 14.2 Å². The highest BCUT2D eigenvalue weighted by Crippen LogP contribution is 2.22. The van der Waals surface area contributed by atoms with E-state index in [1.165, 1.54) is 0 Å². The summed E-state index contributed by atoms with van der Waals surface area (Å²) < 4.78 is 16.9. The highest BCUT2D eigenvalue weighted by molar-refractivity contribution is 5.97. The van der Waals surface area contributed by atoms with Crippen molar-refractivity contribution in [3.8, 4) is 17.2 Å². The van der Waals surface area contributed by atoms with Crippen LogP contribution in [0.15, 0.2) is 72.8 Å². The summed E-state index contributed by atoms with van der Waals surface area (Å²) >= 11 is 0. The van der Waals surface area contributed by atoms with E-state index in [1.807, 2.05) is 62.4 Å². The van der Waals surface area contributed by atoms with Gasteiger partial charge in [0.25, 0.3) is 11.8 Å². The molecule has 2 N–H and O–H groups in total. The smallest absolute Gasteiger partial charge is 0.276 e. The quantitative estimate of drug-likeness (QED) is 0.397. The van der Waals surface area contributed by atoms with E-state index in [-0.39, 0.29) is 13.2 Å². The number of hydrogen-bond acceptors (Lipinski definition) is 5. The molecule has 3 aromatic rings. The Labute approximate surface area is 187 Å². The number of aryl methyl sites for hydroxylation is 2. The fraction of sp³-hybridized carbons (Fsp3) is 0.200. The van der Waals surface area contributed by atoms with Crippen molar-refractivity contribution in [2.24, 2.45) is 0 Å². The molecule has 0 bridgehead atoms. The topological polar surface area (TPSA) is 85.9 Å². The Balaban J connectivity index is 1.47. The minimum absolute atomic E-state index is 0.221. The van der Waals surface area contributed by atoms with E-state index in [0.29, 0.717) is 23.7 Å². The number of carbonyl (C=O) groups is 2. The van der Waals surface area contributed by atoms with Gasteiger partial charge in [0, 0.05) is 0 Å². The van der Waals surface area contributed by atoms with Crippen molar-refractivity contribution in [1.29, 1.82) is 0 Å². The Morgan fingerprint density at radius 1 is 0.719 bits per heavy atom. The monoisotopic (exact) mass is 434 g/mol. The van der Waals surface area contributed by atoms with Crippen LogP contribution in [0.2, 0.25) is 0 Å². The number of benzene rings is 3. The fourth-order valence-corrected chi connectivity index (χ4v) is 3.00. The molecule has 32 heavy (non-hydrogen) atoms. The number of ether oxygens (including phenoxy) is 3. The standard InChI is InChI=1S/C25H26N2O5/c1-18-9-8-10-19(2)24(18)32-17-23(28)26-27-25(29)21-13-6-7-14-22(21)31-16-15-30-20-11-4-3-5-12-20/h3-14H,15-17H2,1-2H3,(H,26,28)(H,27,29). The molecule has 0 fully saturated rings. The van der Waals surface area contributed by atoms with Crippen molar-refractivity contribution < 1.29 is 23.8 Å². The van der Waals surface area contributed by atoms with Crippen molar-refractivity contribution in [2.75, 3.05) is 19.8 Å². The van der Waals surface area contributed by atoms with Gasteiger partial charge in [0.05, 0.1) is 5.56 Å². The number of hydrazine groups is 1. The third kappa shape index (κ3) is 6.50. The maximum Gasteiger partial charge on any atom is 0.276 e. The summed E-state index contributed by atoms with van der Waals surface area (Å²) in [5, 5.41) is 0. The lowest BCUT2D eigenvalue weighted by atomic mass is 10.1. The van der Waals surface area contributed by atoms with Gasteiger partial charge in [-0.05, 0) is 49.2 Å². The second-order valence-corrected chi connectivity index (χ2v) is 7.02. The number of carbonyl (C=O) groups excluding carboxylic acids is 2. The van der Waals surface area contributed by atoms with E-state index in [2.05, 4.69) is 10.9 Å². The summed E-state index contributed by atoms with van der Waals surface area (Å²) in [5.74, 6) is 0.821. The molecule has 0 heterocycles. The third-order valence-corrected chi connectivity index (χ3v) is 4.56. The molecule has 0 saturated carbocycles. The summed E-state index contributed by atoms with van der Waals surface area (Å²) in [6.45, 7) is 4.18. The number of amides is 2. The van der Waals surface area contributed by atoms with Crippen LogP contribution in [-0.2, 0) is 4.79 Å². The maximum atomic E-state index is 12.5. The second-order valence-electron chi connectivity index (χ2n) is 7.02. The van der Waals surface area contributed by atoms with Crippen LogP contribution >= 0.6 is 0 Å². The van der Waals surface area contributed by atoms with E-state index >= 15 is 0 Å². The SMILES string of the molecule is Cc1cccc(C)c1OCC(=O)NNC(=O)c1ccccc1OCCOc1ccccc1. The molecule has 0 aliphatic carbocycles. The highest BCUT2D eigenvalue weighted by Gasteiger charge is 2.14. The van der Waals surface area contributed by atoms with Crippen LogP contribution in [0.4, 0.5) is 0 Å². The summed E-state index contributed by atoms with van der Waals surface area (Å²) in [6, 6.07) is 21.9. The first kappa shape index (κ1) is 22.7. The molecule has 7 heteroatoms. The molecule has 7 nitrogen and oxygen atoms in total. The van der Waals surface area contributed by atoms with Gasteiger partial charge >= 0.3 is 0 Å². The van der Waals surface area contributed by atoms with Crippen molar-refractivity contribution in [1.82, 2.24) is 10.9 Å². The van der Waals surface area contributed by atoms with Gasteiger partial charge in [-0.3, -0.25) is 20.4 Å². The largest absolute Gasteiger partial charge is 0.490 e. The molecule has 0 aliphatic rings. The van der Waals surface area contributed by atoms with Crippen LogP contribution in [0.3, 0.4) is 0 Å². The van der Waals surface area contributed by atoms with E-state index in [9.17, 15) is 9.59 Å². The lowest BCUT2D eigenvalue weighted by Gasteiger charge is -2.14. The summed E-state index contributed by atoms with van der Waals surface area (Å²) in [6.07, 6.45) is 0. The first-order valence-electron chi connectivity index (χ1n) is 10.2. The van der Waals surface area contributed by atoms with Crippen molar-refractivity contribution in [2.45, 2.75) is 13.8 Å². The minimum atomic E-state index is -0.495. The molecule has 2 amide bonds. The first-order valence-corrected chi connectivity index (χ1v) is 10.2. The average molecular weight is 434 g/mol. The Kier molecular flexibility index (Phi) is 8.09. The molecule has 0 unspecified atom stereocenters. The van der Waals surface area contributed by atoms with Crippen LogP contribution in [0.1, 0.15) is 21.5 Å². The highest BCUT2D eigenvalue weighted by atomic mass is 16.5. The van der Waals surface area contributed by atoms with Gasteiger partial charge in [0.1, 0.15) is 30.5 Å². The number of rotatable bonds is 9. The van der Waals surface area contributed by atoms with E-state index < -0.39 is 11.8 Å². The molecule has 0 aliphatic heterocycles. The van der Waals surface area contributed by atoms with Gasteiger partial charge < -0.3 is 14.2 Å². The molecule has 0 saturated heterocycles. The van der Waals surface area contributed by atoms with Crippen molar-refractivity contribution in [3.63, 3.8) is 0 Å². The molecule has 0 atom stereocenters. The first-order chi connectivity index (χ1) is 15.5. The van der Waals surface area contributed by atoms with E-state index in [0.717, 1.165) is 16.9 Å². The molecule has 0 spiro atoms. The van der Waals surface area contributed by atoms with Gasteiger partial charge in [-0.25, -0.2) is 0 Å². The molecular formula is C25H26N2O5. The molecule has 0 aromatic heterocycles. The lowest BCUT2D eigenvalue weighted by Crippen LogP contribution is -2.44. The van der Waals surface area contributed by atoms with Gasteiger partial charge in [-0.1, -0.05) is 48.5 Å². The Morgan fingerprint density at radius 2 is 1.38 bits per heavy atom. The maximum absolute atomic E-state index is 12.5.